The molecule has 1 atom stereocenters. The van der Waals surface area contributed by atoms with Crippen LogP contribution in [0.3, 0.4) is 0 Å². The molecule has 1 aliphatic heterocycles. The fraction of sp³-hybridized carbons (Fsp3) is 0.353. The highest BCUT2D eigenvalue weighted by atomic mass is 16.4. The van der Waals surface area contributed by atoms with Gasteiger partial charge >= 0.3 is 5.97 Å². The number of aromatic amines is 1. The predicted octanol–water partition coefficient (Wildman–Crippen LogP) is 2.45. The third-order valence-electron chi connectivity index (χ3n) is 4.53. The van der Waals surface area contributed by atoms with Gasteiger partial charge in [-0.1, -0.05) is 24.3 Å². The number of nitrogens with zero attached hydrogens (tertiary/aromatic N) is 2. The van der Waals surface area contributed by atoms with E-state index < -0.39 is 11.4 Å². The zero-order valence-electron chi connectivity index (χ0n) is 12.8. The number of benzene rings is 1. The summed E-state index contributed by atoms with van der Waals surface area (Å²) >= 11 is 0. The monoisotopic (exact) mass is 313 g/mol. The van der Waals surface area contributed by atoms with Crippen molar-refractivity contribution < 1.29 is 14.7 Å². The molecule has 0 radical (unpaired) electrons. The molecule has 6 nitrogen and oxygen atoms in total. The number of aliphatic carboxylic acids is 1. The molecule has 6 heteroatoms. The Labute approximate surface area is 133 Å². The fourth-order valence-corrected chi connectivity index (χ4v) is 3.29. The lowest BCUT2D eigenvalue weighted by Gasteiger charge is -2.39. The van der Waals surface area contributed by atoms with Crippen LogP contribution in [-0.4, -0.2) is 45.2 Å². The summed E-state index contributed by atoms with van der Waals surface area (Å²) in [5, 5.41) is 17.3. The lowest BCUT2D eigenvalue weighted by Crippen LogP contribution is -2.49. The average molecular weight is 313 g/mol. The Bertz CT molecular complexity index is 767. The molecule has 0 bridgehead atoms. The number of carbonyl (C=O) groups excluding carboxylic acids is 1. The Morgan fingerprint density at radius 3 is 2.96 bits per heavy atom. The van der Waals surface area contributed by atoms with E-state index in [1.807, 2.05) is 24.3 Å². The molecule has 0 aliphatic carbocycles. The minimum absolute atomic E-state index is 0.189. The second-order valence-electron chi connectivity index (χ2n) is 6.03. The van der Waals surface area contributed by atoms with Gasteiger partial charge in [-0.15, -0.1) is 6.58 Å². The van der Waals surface area contributed by atoms with Gasteiger partial charge in [0.15, 0.2) is 5.69 Å². The summed E-state index contributed by atoms with van der Waals surface area (Å²) in [6.45, 7) is 4.40. The normalized spacial score (nSPS) is 21.3. The maximum absolute atomic E-state index is 12.8. The Morgan fingerprint density at radius 1 is 1.43 bits per heavy atom. The molecule has 1 aromatic carbocycles. The minimum Gasteiger partial charge on any atom is -0.481 e. The van der Waals surface area contributed by atoms with Crippen molar-refractivity contribution in [2.24, 2.45) is 5.41 Å². The lowest BCUT2D eigenvalue weighted by molar-refractivity contribution is -0.151. The molecular formula is C17H19N3O3. The summed E-state index contributed by atoms with van der Waals surface area (Å²) < 4.78 is 0. The van der Waals surface area contributed by atoms with Crippen molar-refractivity contribution >= 4 is 22.8 Å². The first-order valence-corrected chi connectivity index (χ1v) is 7.64. The number of rotatable bonds is 4. The topological polar surface area (TPSA) is 86.3 Å². The van der Waals surface area contributed by atoms with Gasteiger partial charge in [0.25, 0.3) is 5.91 Å². The van der Waals surface area contributed by atoms with Crippen molar-refractivity contribution in [2.45, 2.75) is 19.3 Å². The molecule has 2 N–H and O–H groups in total. The van der Waals surface area contributed by atoms with E-state index in [1.54, 1.807) is 11.0 Å². The molecule has 120 valence electrons. The number of allylic oxidation sites excluding steroid dienone is 1. The lowest BCUT2D eigenvalue weighted by atomic mass is 9.77. The van der Waals surface area contributed by atoms with Gasteiger partial charge in [0.2, 0.25) is 0 Å². The van der Waals surface area contributed by atoms with Crippen LogP contribution in [0.1, 0.15) is 29.8 Å². The number of hydrogen-bond acceptors (Lipinski definition) is 3. The number of likely N-dealkylation sites (tertiary alicyclic amines) is 1. The van der Waals surface area contributed by atoms with Gasteiger partial charge in [0.05, 0.1) is 10.9 Å². The van der Waals surface area contributed by atoms with E-state index in [0.717, 1.165) is 10.9 Å². The number of piperidine rings is 1. The second-order valence-corrected chi connectivity index (χ2v) is 6.03. The number of para-hydroxylation sites is 1. The number of hydrogen-bond donors (Lipinski definition) is 2. The molecule has 2 heterocycles. The van der Waals surface area contributed by atoms with Crippen molar-refractivity contribution in [2.75, 3.05) is 13.1 Å². The van der Waals surface area contributed by atoms with Gasteiger partial charge < -0.3 is 10.0 Å². The summed E-state index contributed by atoms with van der Waals surface area (Å²) in [6, 6.07) is 7.41. The van der Waals surface area contributed by atoms with Crippen LogP contribution in [0, 0.1) is 5.41 Å². The number of carbonyl (C=O) groups is 2. The third kappa shape index (κ3) is 2.60. The number of nitrogens with one attached hydrogen (secondary N) is 1. The van der Waals surface area contributed by atoms with Crippen molar-refractivity contribution in [1.29, 1.82) is 0 Å². The molecular weight excluding hydrogens is 294 g/mol. The van der Waals surface area contributed by atoms with Crippen molar-refractivity contribution in [3.05, 3.63) is 42.6 Å². The Balaban J connectivity index is 1.90. The molecule has 23 heavy (non-hydrogen) atoms. The maximum Gasteiger partial charge on any atom is 0.311 e. The summed E-state index contributed by atoms with van der Waals surface area (Å²) in [6.07, 6.45) is 3.19. The number of amides is 1. The van der Waals surface area contributed by atoms with Gasteiger partial charge in [0.1, 0.15) is 0 Å². The van der Waals surface area contributed by atoms with Crippen LogP contribution in [0.15, 0.2) is 36.9 Å². The van der Waals surface area contributed by atoms with E-state index in [2.05, 4.69) is 16.8 Å². The summed E-state index contributed by atoms with van der Waals surface area (Å²) in [5.74, 6) is -1.10. The van der Waals surface area contributed by atoms with E-state index >= 15 is 0 Å². The smallest absolute Gasteiger partial charge is 0.311 e. The number of carboxylic acids is 1. The summed E-state index contributed by atoms with van der Waals surface area (Å²) in [7, 11) is 0. The fourth-order valence-electron chi connectivity index (χ4n) is 3.29. The second kappa shape index (κ2) is 5.87. The van der Waals surface area contributed by atoms with Crippen molar-refractivity contribution in [1.82, 2.24) is 15.1 Å². The highest BCUT2D eigenvalue weighted by Crippen LogP contribution is 2.35. The Hall–Kier alpha value is -2.63. The van der Waals surface area contributed by atoms with E-state index in [9.17, 15) is 14.7 Å². The molecule has 2 aromatic rings. The summed E-state index contributed by atoms with van der Waals surface area (Å²) in [5.41, 5.74) is 0.200. The number of fused-ring (bicyclic) bond motifs is 1. The maximum atomic E-state index is 12.8. The van der Waals surface area contributed by atoms with E-state index in [0.29, 0.717) is 31.5 Å². The Morgan fingerprint density at radius 2 is 2.22 bits per heavy atom. The Kier molecular flexibility index (Phi) is 3.90. The molecule has 3 rings (SSSR count). The van der Waals surface area contributed by atoms with E-state index in [1.165, 1.54) is 0 Å². The van der Waals surface area contributed by atoms with Crippen molar-refractivity contribution in [3.8, 4) is 0 Å². The first-order chi connectivity index (χ1) is 11.1. The number of H-pyrrole nitrogens is 1. The first kappa shape index (κ1) is 15.3. The average Bonchev–Trinajstić information content (AvgIpc) is 2.98. The van der Waals surface area contributed by atoms with E-state index in [-0.39, 0.29) is 12.5 Å². The molecule has 0 spiro atoms. The van der Waals surface area contributed by atoms with Crippen LogP contribution in [-0.2, 0) is 4.79 Å². The molecule has 0 saturated carbocycles. The van der Waals surface area contributed by atoms with Gasteiger partial charge in [-0.05, 0) is 25.3 Å². The van der Waals surface area contributed by atoms with Crippen molar-refractivity contribution in [3.63, 3.8) is 0 Å². The number of carboxylic acid groups (broad SMARTS) is 1. The van der Waals surface area contributed by atoms with Gasteiger partial charge in [0, 0.05) is 18.5 Å². The standard InChI is InChI=1S/C17H19N3O3/c1-2-8-17(16(22)23)9-5-10-20(11-17)15(21)14-12-6-3-4-7-13(12)18-19-14/h2-4,6-7H,1,5,8-11H2,(H,18,19)(H,22,23)/t17-/m1/s1. The first-order valence-electron chi connectivity index (χ1n) is 7.64. The van der Waals surface area contributed by atoms with Crippen LogP contribution in [0.25, 0.3) is 10.9 Å². The van der Waals surface area contributed by atoms with Gasteiger partial charge in [-0.3, -0.25) is 14.7 Å². The van der Waals surface area contributed by atoms with E-state index in [4.69, 9.17) is 0 Å². The summed E-state index contributed by atoms with van der Waals surface area (Å²) in [4.78, 5) is 26.1. The molecule has 0 unspecified atom stereocenters. The SMILES string of the molecule is C=CC[C@@]1(C(=O)O)CCCN(C(=O)c2n[nH]c3ccccc23)C1. The zero-order chi connectivity index (χ0) is 16.4. The van der Waals surface area contributed by atoms with Crippen LogP contribution < -0.4 is 0 Å². The van der Waals surface area contributed by atoms with Gasteiger partial charge in [-0.25, -0.2) is 0 Å². The molecule has 1 aliphatic rings. The third-order valence-corrected chi connectivity index (χ3v) is 4.53. The highest BCUT2D eigenvalue weighted by Gasteiger charge is 2.43. The highest BCUT2D eigenvalue weighted by molar-refractivity contribution is 6.04. The molecule has 1 fully saturated rings. The quantitative estimate of drug-likeness (QED) is 0.849. The van der Waals surface area contributed by atoms with Gasteiger partial charge in [-0.2, -0.15) is 5.10 Å². The van der Waals surface area contributed by atoms with Crippen LogP contribution >= 0.6 is 0 Å². The number of aromatic nitrogens is 2. The van der Waals surface area contributed by atoms with Crippen LogP contribution in [0.5, 0.6) is 0 Å². The predicted molar refractivity (Wildman–Crippen MR) is 86.1 cm³/mol. The zero-order valence-corrected chi connectivity index (χ0v) is 12.8. The molecule has 1 aromatic heterocycles. The minimum atomic E-state index is -0.943. The largest absolute Gasteiger partial charge is 0.481 e. The van der Waals surface area contributed by atoms with Crippen LogP contribution in [0.4, 0.5) is 0 Å². The molecule has 1 amide bonds. The molecule has 1 saturated heterocycles. The van der Waals surface area contributed by atoms with Crippen LogP contribution in [0.2, 0.25) is 0 Å².